The Morgan fingerprint density at radius 2 is 2.08 bits per heavy atom. The number of aliphatic hydroxyl groups excluding tert-OH is 1. The van der Waals surface area contributed by atoms with Gasteiger partial charge in [-0.3, -0.25) is 0 Å². The van der Waals surface area contributed by atoms with E-state index in [9.17, 15) is 9.90 Å². The van der Waals surface area contributed by atoms with Gasteiger partial charge in [0.15, 0.2) is 0 Å². The summed E-state index contributed by atoms with van der Waals surface area (Å²) in [4.78, 5) is 10.8. The van der Waals surface area contributed by atoms with E-state index in [-0.39, 0.29) is 17.4 Å². The van der Waals surface area contributed by atoms with E-state index in [2.05, 4.69) is 13.8 Å². The van der Waals surface area contributed by atoms with Gasteiger partial charge in [-0.05, 0) is 24.2 Å². The van der Waals surface area contributed by atoms with Crippen LogP contribution in [0.4, 0.5) is 0 Å². The highest BCUT2D eigenvalue weighted by Crippen LogP contribution is 2.42. The standard InChI is InChI=1S/C10H18O2/c1-7-4-8(12)5-10(2,3)9(7)6-11/h6-9,12H,4-5H2,1-3H3. The van der Waals surface area contributed by atoms with Crippen molar-refractivity contribution in [2.75, 3.05) is 0 Å². The Morgan fingerprint density at radius 3 is 2.50 bits per heavy atom. The van der Waals surface area contributed by atoms with Gasteiger partial charge in [-0.15, -0.1) is 0 Å². The van der Waals surface area contributed by atoms with Crippen LogP contribution in [0.2, 0.25) is 0 Å². The molecule has 2 heteroatoms. The summed E-state index contributed by atoms with van der Waals surface area (Å²) in [5.74, 6) is 0.433. The van der Waals surface area contributed by atoms with Gasteiger partial charge in [0.25, 0.3) is 0 Å². The van der Waals surface area contributed by atoms with Crippen molar-refractivity contribution in [2.45, 2.75) is 39.7 Å². The van der Waals surface area contributed by atoms with Crippen LogP contribution < -0.4 is 0 Å². The van der Waals surface area contributed by atoms with Crippen molar-refractivity contribution in [2.24, 2.45) is 17.3 Å². The van der Waals surface area contributed by atoms with E-state index in [0.717, 1.165) is 19.1 Å². The molecule has 1 N–H and O–H groups in total. The molecule has 70 valence electrons. The molecule has 0 heterocycles. The molecule has 0 amide bonds. The third-order valence-corrected chi connectivity index (χ3v) is 3.07. The quantitative estimate of drug-likeness (QED) is 0.607. The van der Waals surface area contributed by atoms with E-state index in [1.165, 1.54) is 0 Å². The maximum Gasteiger partial charge on any atom is 0.123 e. The summed E-state index contributed by atoms with van der Waals surface area (Å²) in [6.07, 6.45) is 2.36. The number of carbonyl (C=O) groups is 1. The summed E-state index contributed by atoms with van der Waals surface area (Å²) < 4.78 is 0. The lowest BCUT2D eigenvalue weighted by molar-refractivity contribution is -0.120. The third kappa shape index (κ3) is 1.69. The Bertz CT molecular complexity index is 175. The molecular formula is C10H18O2. The molecule has 0 spiro atoms. The van der Waals surface area contributed by atoms with Crippen molar-refractivity contribution in [3.05, 3.63) is 0 Å². The van der Waals surface area contributed by atoms with Crippen LogP contribution in [0, 0.1) is 17.3 Å². The van der Waals surface area contributed by atoms with Gasteiger partial charge in [-0.2, -0.15) is 0 Å². The predicted molar refractivity (Wildman–Crippen MR) is 47.7 cm³/mol. The van der Waals surface area contributed by atoms with E-state index >= 15 is 0 Å². The number of aliphatic hydroxyl groups is 1. The largest absolute Gasteiger partial charge is 0.393 e. The molecule has 1 aliphatic carbocycles. The molecule has 1 saturated carbocycles. The first kappa shape index (κ1) is 9.72. The van der Waals surface area contributed by atoms with Crippen LogP contribution in [0.5, 0.6) is 0 Å². The third-order valence-electron chi connectivity index (χ3n) is 3.07. The Balaban J connectivity index is 2.77. The number of rotatable bonds is 1. The monoisotopic (exact) mass is 170 g/mol. The Morgan fingerprint density at radius 1 is 1.50 bits per heavy atom. The second-order valence-electron chi connectivity index (χ2n) is 4.72. The summed E-state index contributed by atoms with van der Waals surface area (Å²) in [7, 11) is 0. The van der Waals surface area contributed by atoms with Gasteiger partial charge in [-0.25, -0.2) is 0 Å². The average molecular weight is 170 g/mol. The fraction of sp³-hybridized carbons (Fsp3) is 0.900. The minimum Gasteiger partial charge on any atom is -0.393 e. The first-order valence-electron chi connectivity index (χ1n) is 4.60. The van der Waals surface area contributed by atoms with Gasteiger partial charge in [0, 0.05) is 5.92 Å². The Hall–Kier alpha value is -0.370. The number of hydrogen-bond acceptors (Lipinski definition) is 2. The highest BCUT2D eigenvalue weighted by molar-refractivity contribution is 5.55. The molecule has 1 fully saturated rings. The fourth-order valence-corrected chi connectivity index (χ4v) is 2.49. The second-order valence-corrected chi connectivity index (χ2v) is 4.72. The van der Waals surface area contributed by atoms with Crippen LogP contribution in [-0.4, -0.2) is 17.5 Å². The second kappa shape index (κ2) is 3.17. The van der Waals surface area contributed by atoms with Gasteiger partial charge in [0.2, 0.25) is 0 Å². The molecular weight excluding hydrogens is 152 g/mol. The summed E-state index contributed by atoms with van der Waals surface area (Å²) in [5.41, 5.74) is -0.0289. The van der Waals surface area contributed by atoms with Crippen molar-refractivity contribution in [1.29, 1.82) is 0 Å². The van der Waals surface area contributed by atoms with Crippen LogP contribution in [0.15, 0.2) is 0 Å². The molecule has 0 aromatic rings. The first-order valence-corrected chi connectivity index (χ1v) is 4.60. The zero-order valence-corrected chi connectivity index (χ0v) is 8.08. The summed E-state index contributed by atoms with van der Waals surface area (Å²) in [6, 6.07) is 0. The maximum atomic E-state index is 10.8. The van der Waals surface area contributed by atoms with Crippen LogP contribution in [0.1, 0.15) is 33.6 Å². The van der Waals surface area contributed by atoms with E-state index in [1.807, 2.05) is 6.92 Å². The molecule has 0 radical (unpaired) electrons. The first-order chi connectivity index (χ1) is 5.47. The lowest BCUT2D eigenvalue weighted by Gasteiger charge is -2.42. The lowest BCUT2D eigenvalue weighted by Crippen LogP contribution is -2.40. The fourth-order valence-electron chi connectivity index (χ4n) is 2.49. The number of carbonyl (C=O) groups excluding carboxylic acids is 1. The summed E-state index contributed by atoms with van der Waals surface area (Å²) in [5, 5.41) is 9.51. The van der Waals surface area contributed by atoms with Crippen molar-refractivity contribution in [1.82, 2.24) is 0 Å². The normalized spacial score (nSPS) is 40.8. The molecule has 2 nitrogen and oxygen atoms in total. The van der Waals surface area contributed by atoms with Crippen molar-refractivity contribution in [3.8, 4) is 0 Å². The average Bonchev–Trinajstić information content (AvgIpc) is 1.82. The summed E-state index contributed by atoms with van der Waals surface area (Å²) >= 11 is 0. The highest BCUT2D eigenvalue weighted by Gasteiger charge is 2.40. The SMILES string of the molecule is CC1CC(O)CC(C)(C)C1C=O. The van der Waals surface area contributed by atoms with Gasteiger partial charge in [-0.1, -0.05) is 20.8 Å². The topological polar surface area (TPSA) is 37.3 Å². The zero-order chi connectivity index (χ0) is 9.35. The molecule has 3 unspecified atom stereocenters. The molecule has 0 aromatic carbocycles. The minimum absolute atomic E-state index is 0.0289. The molecule has 0 aliphatic heterocycles. The molecule has 1 aliphatic rings. The van der Waals surface area contributed by atoms with Crippen LogP contribution >= 0.6 is 0 Å². The van der Waals surface area contributed by atoms with Crippen LogP contribution in [-0.2, 0) is 4.79 Å². The van der Waals surface area contributed by atoms with Crippen molar-refractivity contribution >= 4 is 6.29 Å². The van der Waals surface area contributed by atoms with E-state index < -0.39 is 0 Å². The smallest absolute Gasteiger partial charge is 0.123 e. The zero-order valence-electron chi connectivity index (χ0n) is 8.08. The Labute approximate surface area is 74.0 Å². The lowest BCUT2D eigenvalue weighted by atomic mass is 9.64. The Kier molecular flexibility index (Phi) is 2.57. The van der Waals surface area contributed by atoms with E-state index in [4.69, 9.17) is 0 Å². The molecule has 0 saturated heterocycles. The van der Waals surface area contributed by atoms with E-state index in [1.54, 1.807) is 0 Å². The maximum absolute atomic E-state index is 10.8. The molecule has 3 atom stereocenters. The van der Waals surface area contributed by atoms with Crippen LogP contribution in [0.3, 0.4) is 0 Å². The number of hydrogen-bond donors (Lipinski definition) is 1. The number of aldehydes is 1. The molecule has 12 heavy (non-hydrogen) atoms. The van der Waals surface area contributed by atoms with Gasteiger partial charge in [0.05, 0.1) is 6.10 Å². The molecule has 1 rings (SSSR count). The van der Waals surface area contributed by atoms with E-state index in [0.29, 0.717) is 5.92 Å². The molecule has 0 bridgehead atoms. The highest BCUT2D eigenvalue weighted by atomic mass is 16.3. The van der Waals surface area contributed by atoms with Gasteiger partial charge < -0.3 is 9.90 Å². The molecule has 0 aromatic heterocycles. The summed E-state index contributed by atoms with van der Waals surface area (Å²) in [6.45, 7) is 6.17. The minimum atomic E-state index is -0.216. The predicted octanol–water partition coefficient (Wildman–Crippen LogP) is 1.62. The van der Waals surface area contributed by atoms with Crippen molar-refractivity contribution < 1.29 is 9.90 Å². The van der Waals surface area contributed by atoms with Gasteiger partial charge in [0.1, 0.15) is 6.29 Å². The van der Waals surface area contributed by atoms with Gasteiger partial charge >= 0.3 is 0 Å². The van der Waals surface area contributed by atoms with Crippen LogP contribution in [0.25, 0.3) is 0 Å². The van der Waals surface area contributed by atoms with Crippen molar-refractivity contribution in [3.63, 3.8) is 0 Å².